The van der Waals surface area contributed by atoms with Crippen molar-refractivity contribution in [2.24, 2.45) is 0 Å². The lowest BCUT2D eigenvalue weighted by molar-refractivity contribution is -0.991. The molecule has 1 fully saturated rings. The van der Waals surface area contributed by atoms with Gasteiger partial charge in [0.1, 0.15) is 0 Å². The molecule has 0 radical (unpaired) electrons. The summed E-state index contributed by atoms with van der Waals surface area (Å²) in [6.07, 6.45) is 1.87. The Morgan fingerprint density at radius 3 is 2.54 bits per heavy atom. The van der Waals surface area contributed by atoms with Gasteiger partial charge in [-0.1, -0.05) is 12.1 Å². The molecular weight excluding hydrogens is 360 g/mol. The average molecular weight is 386 g/mol. The first kappa shape index (κ1) is 19.2. The Morgan fingerprint density at radius 2 is 1.86 bits per heavy atom. The largest absolute Gasteiger partial charge is 0.595 e. The van der Waals surface area contributed by atoms with Gasteiger partial charge in [-0.25, -0.2) is 5.21 Å². The molecule has 0 amide bonds. The molecule has 0 aromatic heterocycles. The molecule has 2 aromatic carbocycles. The van der Waals surface area contributed by atoms with Crippen LogP contribution in [0.25, 0.3) is 0 Å². The van der Waals surface area contributed by atoms with Crippen LogP contribution >= 0.6 is 0 Å². The smallest absolute Gasteiger partial charge is 0.164 e. The van der Waals surface area contributed by atoms with Crippen molar-refractivity contribution in [2.75, 3.05) is 34.0 Å². The van der Waals surface area contributed by atoms with Crippen LogP contribution in [0.1, 0.15) is 35.6 Å². The Morgan fingerprint density at radius 1 is 1.14 bits per heavy atom. The highest BCUT2D eigenvalue weighted by Crippen LogP contribution is 2.47. The van der Waals surface area contributed by atoms with Gasteiger partial charge in [0.25, 0.3) is 0 Å². The molecular formula is C21H26N2O5. The molecule has 0 saturated carbocycles. The van der Waals surface area contributed by atoms with Crippen LogP contribution in [0.3, 0.4) is 0 Å². The van der Waals surface area contributed by atoms with Gasteiger partial charge in [0.05, 0.1) is 20.3 Å². The monoisotopic (exact) mass is 386 g/mol. The molecule has 2 heterocycles. The Balaban J connectivity index is 1.85. The average Bonchev–Trinajstić information content (AvgIpc) is 2.74. The van der Waals surface area contributed by atoms with E-state index in [0.717, 1.165) is 43.7 Å². The van der Waals surface area contributed by atoms with Gasteiger partial charge in [-0.15, -0.1) is 0 Å². The maximum atomic E-state index is 11.4. The number of benzene rings is 2. The third-order valence-electron chi connectivity index (χ3n) is 6.00. The second-order valence-corrected chi connectivity index (χ2v) is 7.43. The maximum absolute atomic E-state index is 11.4. The van der Waals surface area contributed by atoms with Crippen molar-refractivity contribution >= 4 is 5.69 Å². The fraction of sp³-hybridized carbons (Fsp3) is 0.429. The first-order chi connectivity index (χ1) is 13.6. The lowest BCUT2D eigenvalue weighted by Gasteiger charge is -2.45. The SMILES string of the molecule is COc1cc2c(cc1OC)C1(CCOCC1)CNC2c1cccc([NH+]([O-])O)c1. The molecule has 7 nitrogen and oxygen atoms in total. The van der Waals surface area contributed by atoms with Crippen LogP contribution in [0.5, 0.6) is 11.5 Å². The highest BCUT2D eigenvalue weighted by molar-refractivity contribution is 5.55. The van der Waals surface area contributed by atoms with E-state index in [9.17, 15) is 10.4 Å². The summed E-state index contributed by atoms with van der Waals surface area (Å²) in [6.45, 7) is 2.27. The van der Waals surface area contributed by atoms with Gasteiger partial charge in [-0.3, -0.25) is 0 Å². The predicted molar refractivity (Wildman–Crippen MR) is 103 cm³/mol. The fourth-order valence-electron chi connectivity index (χ4n) is 4.45. The summed E-state index contributed by atoms with van der Waals surface area (Å²) in [4.78, 5) is 0. The van der Waals surface area contributed by atoms with Crippen molar-refractivity contribution in [3.8, 4) is 11.5 Å². The van der Waals surface area contributed by atoms with Crippen LogP contribution in [0.2, 0.25) is 0 Å². The van der Waals surface area contributed by atoms with Crippen molar-refractivity contribution in [1.82, 2.24) is 5.32 Å². The molecule has 7 heteroatoms. The highest BCUT2D eigenvalue weighted by atomic mass is 16.8. The Bertz CT molecular complexity index is 849. The van der Waals surface area contributed by atoms with E-state index in [1.165, 1.54) is 5.56 Å². The van der Waals surface area contributed by atoms with Crippen LogP contribution < -0.4 is 20.0 Å². The van der Waals surface area contributed by atoms with Gasteiger partial charge in [0.2, 0.25) is 0 Å². The second kappa shape index (κ2) is 7.69. The number of hydrogen-bond acceptors (Lipinski definition) is 6. The van der Waals surface area contributed by atoms with E-state index < -0.39 is 5.23 Å². The van der Waals surface area contributed by atoms with Crippen molar-refractivity contribution < 1.29 is 24.6 Å². The number of methoxy groups -OCH3 is 2. The normalized spacial score (nSPS) is 21.8. The highest BCUT2D eigenvalue weighted by Gasteiger charge is 2.42. The van der Waals surface area contributed by atoms with Crippen LogP contribution in [0.15, 0.2) is 36.4 Å². The number of rotatable bonds is 4. The molecule has 2 unspecified atom stereocenters. The molecule has 2 atom stereocenters. The molecule has 150 valence electrons. The summed E-state index contributed by atoms with van der Waals surface area (Å²) < 4.78 is 16.7. The summed E-state index contributed by atoms with van der Waals surface area (Å²) >= 11 is 0. The Kier molecular flexibility index (Phi) is 5.27. The number of hydrogen-bond donors (Lipinski definition) is 3. The number of quaternary nitrogens is 1. The van der Waals surface area contributed by atoms with Crippen molar-refractivity contribution in [1.29, 1.82) is 0 Å². The second-order valence-electron chi connectivity index (χ2n) is 7.43. The van der Waals surface area contributed by atoms with Crippen LogP contribution in [-0.4, -0.2) is 39.2 Å². The van der Waals surface area contributed by atoms with Crippen molar-refractivity contribution in [3.63, 3.8) is 0 Å². The third kappa shape index (κ3) is 3.25. The predicted octanol–water partition coefficient (Wildman–Crippen LogP) is 1.85. The van der Waals surface area contributed by atoms with E-state index in [0.29, 0.717) is 11.5 Å². The number of fused-ring (bicyclic) bond motifs is 2. The standard InChI is InChI=1S/C21H26N2O5/c1-26-18-11-16-17(12-19(18)27-2)21(6-8-28-9-7-21)13-22-20(16)14-4-3-5-15(10-14)23(24)25/h3-5,10-12,20,22-24H,6-9,13H2,1-2H3. The molecule has 2 aliphatic heterocycles. The molecule has 4 rings (SSSR count). The summed E-state index contributed by atoms with van der Waals surface area (Å²) in [6, 6.07) is 11.1. The molecule has 1 spiro atoms. The van der Waals surface area contributed by atoms with Gasteiger partial charge in [-0.2, -0.15) is 5.23 Å². The minimum Gasteiger partial charge on any atom is -0.595 e. The van der Waals surface area contributed by atoms with Gasteiger partial charge >= 0.3 is 0 Å². The van der Waals surface area contributed by atoms with Gasteiger partial charge < -0.3 is 24.7 Å². The van der Waals surface area contributed by atoms with E-state index in [1.54, 1.807) is 32.4 Å². The zero-order valence-electron chi connectivity index (χ0n) is 16.2. The van der Waals surface area contributed by atoms with E-state index in [4.69, 9.17) is 14.2 Å². The lowest BCUT2D eigenvalue weighted by Crippen LogP contribution is -2.99. The maximum Gasteiger partial charge on any atom is 0.164 e. The lowest BCUT2D eigenvalue weighted by atomic mass is 9.68. The van der Waals surface area contributed by atoms with Crippen LogP contribution in [0.4, 0.5) is 5.69 Å². The van der Waals surface area contributed by atoms with Crippen molar-refractivity contribution in [2.45, 2.75) is 24.3 Å². The van der Waals surface area contributed by atoms with E-state index in [2.05, 4.69) is 11.4 Å². The van der Waals surface area contributed by atoms with Gasteiger partial charge in [-0.05, 0) is 41.7 Å². The molecule has 0 aliphatic carbocycles. The van der Waals surface area contributed by atoms with E-state index in [1.807, 2.05) is 12.1 Å². The summed E-state index contributed by atoms with van der Waals surface area (Å²) in [5.41, 5.74) is 3.53. The van der Waals surface area contributed by atoms with E-state index in [-0.39, 0.29) is 17.1 Å². The topological polar surface area (TPSA) is 87.5 Å². The first-order valence-corrected chi connectivity index (χ1v) is 9.49. The molecule has 1 saturated heterocycles. The van der Waals surface area contributed by atoms with Gasteiger partial charge in [0, 0.05) is 37.3 Å². The summed E-state index contributed by atoms with van der Waals surface area (Å²) in [7, 11) is 3.28. The minimum absolute atomic E-state index is 0.0198. The number of ether oxygens (including phenoxy) is 3. The summed E-state index contributed by atoms with van der Waals surface area (Å²) in [5, 5.41) is 23.6. The molecule has 28 heavy (non-hydrogen) atoms. The van der Waals surface area contributed by atoms with E-state index >= 15 is 0 Å². The zero-order valence-corrected chi connectivity index (χ0v) is 16.2. The molecule has 2 aromatic rings. The Hall–Kier alpha value is -2.16. The molecule has 2 aliphatic rings. The quantitative estimate of drug-likeness (QED) is 0.695. The van der Waals surface area contributed by atoms with Crippen LogP contribution in [0, 0.1) is 5.21 Å². The minimum atomic E-state index is -0.925. The number of nitrogens with one attached hydrogen (secondary N) is 2. The zero-order chi connectivity index (χ0) is 19.7. The third-order valence-corrected chi connectivity index (χ3v) is 6.00. The van der Waals surface area contributed by atoms with Crippen molar-refractivity contribution in [3.05, 3.63) is 58.3 Å². The Labute approximate surface area is 164 Å². The molecule has 3 N–H and O–H groups in total. The summed E-state index contributed by atoms with van der Waals surface area (Å²) in [5.74, 6) is 1.39. The van der Waals surface area contributed by atoms with Gasteiger partial charge in [0.15, 0.2) is 17.2 Å². The first-order valence-electron chi connectivity index (χ1n) is 9.49. The fourth-order valence-corrected chi connectivity index (χ4v) is 4.45. The van der Waals surface area contributed by atoms with Crippen LogP contribution in [-0.2, 0) is 10.2 Å². The molecule has 0 bridgehead atoms.